The first-order valence-electron chi connectivity index (χ1n) is 10.7. The summed E-state index contributed by atoms with van der Waals surface area (Å²) in [6.07, 6.45) is 0. The van der Waals surface area contributed by atoms with E-state index >= 15 is 0 Å². The van der Waals surface area contributed by atoms with Crippen LogP contribution in [-0.2, 0) is 9.59 Å². The molecule has 0 atom stereocenters. The average Bonchev–Trinajstić information content (AvgIpc) is 2.76. The highest BCUT2D eigenvalue weighted by Crippen LogP contribution is 2.20. The summed E-state index contributed by atoms with van der Waals surface area (Å²) in [6, 6.07) is 20.7. The van der Waals surface area contributed by atoms with E-state index < -0.39 is 0 Å². The molecule has 3 amide bonds. The Morgan fingerprint density at radius 1 is 0.906 bits per heavy atom. The maximum atomic E-state index is 13.3. The van der Waals surface area contributed by atoms with E-state index in [2.05, 4.69) is 10.6 Å². The van der Waals surface area contributed by atoms with Crippen molar-refractivity contribution in [3.8, 4) is 0 Å². The monoisotopic (exact) mass is 431 g/mol. The fourth-order valence-corrected chi connectivity index (χ4v) is 3.58. The van der Waals surface area contributed by atoms with Crippen LogP contribution in [0.25, 0.3) is 10.8 Å². The Morgan fingerprint density at radius 3 is 2.38 bits per heavy atom. The first kappa shape index (κ1) is 23.0. The molecule has 0 aromatic heterocycles. The lowest BCUT2D eigenvalue weighted by molar-refractivity contribution is -0.124. The second-order valence-corrected chi connectivity index (χ2v) is 8.30. The van der Waals surface area contributed by atoms with Crippen LogP contribution in [0.15, 0.2) is 66.7 Å². The van der Waals surface area contributed by atoms with Gasteiger partial charge in [0, 0.05) is 17.8 Å². The molecule has 6 heteroatoms. The summed E-state index contributed by atoms with van der Waals surface area (Å²) in [5.74, 6) is -0.709. The van der Waals surface area contributed by atoms with Crippen molar-refractivity contribution in [1.82, 2.24) is 10.2 Å². The van der Waals surface area contributed by atoms with Gasteiger partial charge in [0.25, 0.3) is 5.91 Å². The van der Waals surface area contributed by atoms with Gasteiger partial charge in [0.2, 0.25) is 11.8 Å². The summed E-state index contributed by atoms with van der Waals surface area (Å²) in [6.45, 7) is 6.09. The third-order valence-corrected chi connectivity index (χ3v) is 4.98. The first-order chi connectivity index (χ1) is 15.3. The number of hydrogen-bond donors (Lipinski definition) is 2. The molecule has 0 spiro atoms. The second kappa shape index (κ2) is 10.6. The Hall–Kier alpha value is -3.67. The van der Waals surface area contributed by atoms with Crippen molar-refractivity contribution in [3.05, 3.63) is 77.9 Å². The van der Waals surface area contributed by atoms with E-state index in [1.807, 2.05) is 75.4 Å². The normalized spacial score (nSPS) is 10.8. The van der Waals surface area contributed by atoms with E-state index in [1.54, 1.807) is 17.0 Å². The highest BCUT2D eigenvalue weighted by atomic mass is 16.2. The summed E-state index contributed by atoms with van der Waals surface area (Å²) in [7, 11) is 0. The van der Waals surface area contributed by atoms with Gasteiger partial charge in [0.15, 0.2) is 0 Å². The number of fused-ring (bicyclic) bond motifs is 1. The minimum atomic E-state index is -0.376. The van der Waals surface area contributed by atoms with E-state index in [1.165, 1.54) is 0 Å². The largest absolute Gasteiger partial charge is 0.345 e. The van der Waals surface area contributed by atoms with Crippen LogP contribution >= 0.6 is 0 Å². The molecule has 0 unspecified atom stereocenters. The van der Waals surface area contributed by atoms with Crippen LogP contribution in [0.5, 0.6) is 0 Å². The summed E-state index contributed by atoms with van der Waals surface area (Å²) in [5, 5.41) is 7.20. The summed E-state index contributed by atoms with van der Waals surface area (Å²) < 4.78 is 0. The number of benzene rings is 3. The molecule has 166 valence electrons. The third-order valence-electron chi connectivity index (χ3n) is 4.98. The van der Waals surface area contributed by atoms with E-state index in [9.17, 15) is 14.4 Å². The van der Waals surface area contributed by atoms with Gasteiger partial charge >= 0.3 is 0 Å². The van der Waals surface area contributed by atoms with E-state index in [4.69, 9.17) is 0 Å². The van der Waals surface area contributed by atoms with Crippen molar-refractivity contribution in [2.45, 2.75) is 20.8 Å². The molecule has 0 aliphatic rings. The van der Waals surface area contributed by atoms with Crippen LogP contribution in [0.2, 0.25) is 0 Å². The second-order valence-electron chi connectivity index (χ2n) is 8.30. The topological polar surface area (TPSA) is 78.5 Å². The van der Waals surface area contributed by atoms with E-state index in [-0.39, 0.29) is 36.7 Å². The van der Waals surface area contributed by atoms with Crippen LogP contribution in [0, 0.1) is 12.8 Å². The molecule has 2 N–H and O–H groups in total. The standard InChI is InChI=1S/C26H29N3O3/c1-18(2)16-29(26(32)23-13-7-10-20-9-4-5-12-22(20)23)17-25(31)27-15-24(30)28-21-11-6-8-19(3)14-21/h4-14,18H,15-17H2,1-3H3,(H,27,31)(H,28,30). The van der Waals surface area contributed by atoms with Crippen LogP contribution in [0.1, 0.15) is 29.8 Å². The zero-order valence-corrected chi connectivity index (χ0v) is 18.7. The number of amides is 3. The van der Waals surface area contributed by atoms with Crippen LogP contribution in [0.3, 0.4) is 0 Å². The number of nitrogens with one attached hydrogen (secondary N) is 2. The molecule has 3 aromatic rings. The Labute approximate surface area is 188 Å². The van der Waals surface area contributed by atoms with Gasteiger partial charge in [0.05, 0.1) is 13.1 Å². The predicted octanol–water partition coefficient (Wildman–Crippen LogP) is 4.00. The number of anilines is 1. The van der Waals surface area contributed by atoms with Gasteiger partial charge in [-0.15, -0.1) is 0 Å². The van der Waals surface area contributed by atoms with Crippen molar-refractivity contribution in [1.29, 1.82) is 0 Å². The molecular formula is C26H29N3O3. The number of rotatable bonds is 8. The summed E-state index contributed by atoms with van der Waals surface area (Å²) in [5.41, 5.74) is 2.27. The number of aryl methyl sites for hydroxylation is 1. The van der Waals surface area contributed by atoms with Crippen LogP contribution in [0.4, 0.5) is 5.69 Å². The number of carbonyl (C=O) groups is 3. The Kier molecular flexibility index (Phi) is 7.60. The maximum absolute atomic E-state index is 13.3. The van der Waals surface area contributed by atoms with Gasteiger partial charge in [-0.1, -0.05) is 62.4 Å². The van der Waals surface area contributed by atoms with Crippen molar-refractivity contribution < 1.29 is 14.4 Å². The quantitative estimate of drug-likeness (QED) is 0.566. The highest BCUT2D eigenvalue weighted by Gasteiger charge is 2.21. The molecule has 0 saturated carbocycles. The average molecular weight is 432 g/mol. The minimum absolute atomic E-state index is 0.113. The van der Waals surface area contributed by atoms with Gasteiger partial charge in [-0.05, 0) is 47.4 Å². The van der Waals surface area contributed by atoms with Gasteiger partial charge in [-0.25, -0.2) is 0 Å². The number of carbonyl (C=O) groups excluding carboxylic acids is 3. The molecule has 0 bridgehead atoms. The summed E-state index contributed by atoms with van der Waals surface area (Å²) >= 11 is 0. The number of nitrogens with zero attached hydrogens (tertiary/aromatic N) is 1. The third kappa shape index (κ3) is 6.17. The lowest BCUT2D eigenvalue weighted by Gasteiger charge is -2.24. The van der Waals surface area contributed by atoms with Crippen molar-refractivity contribution in [2.24, 2.45) is 5.92 Å². The summed E-state index contributed by atoms with van der Waals surface area (Å²) in [4.78, 5) is 39.6. The lowest BCUT2D eigenvalue weighted by Crippen LogP contribution is -2.44. The Bertz CT molecular complexity index is 1120. The molecule has 0 fully saturated rings. The van der Waals surface area contributed by atoms with Gasteiger partial charge in [-0.2, -0.15) is 0 Å². The predicted molar refractivity (Wildman–Crippen MR) is 128 cm³/mol. The molecule has 0 radical (unpaired) electrons. The maximum Gasteiger partial charge on any atom is 0.254 e. The number of hydrogen-bond acceptors (Lipinski definition) is 3. The zero-order chi connectivity index (χ0) is 23.1. The van der Waals surface area contributed by atoms with Gasteiger partial charge in [0.1, 0.15) is 0 Å². The zero-order valence-electron chi connectivity index (χ0n) is 18.7. The Morgan fingerprint density at radius 2 is 1.62 bits per heavy atom. The van der Waals surface area contributed by atoms with E-state index in [0.29, 0.717) is 17.8 Å². The van der Waals surface area contributed by atoms with Gasteiger partial charge < -0.3 is 15.5 Å². The minimum Gasteiger partial charge on any atom is -0.345 e. The molecule has 0 heterocycles. The molecule has 0 aliphatic carbocycles. The fraction of sp³-hybridized carbons (Fsp3) is 0.269. The fourth-order valence-electron chi connectivity index (χ4n) is 3.58. The highest BCUT2D eigenvalue weighted by molar-refractivity contribution is 6.08. The Balaban J connectivity index is 1.65. The molecule has 0 aliphatic heterocycles. The molecule has 6 nitrogen and oxygen atoms in total. The van der Waals surface area contributed by atoms with Crippen molar-refractivity contribution in [3.63, 3.8) is 0 Å². The van der Waals surface area contributed by atoms with Crippen LogP contribution in [-0.4, -0.2) is 42.3 Å². The van der Waals surface area contributed by atoms with Gasteiger partial charge in [-0.3, -0.25) is 14.4 Å². The van der Waals surface area contributed by atoms with Crippen LogP contribution < -0.4 is 10.6 Å². The molecule has 3 rings (SSSR count). The molecule has 3 aromatic carbocycles. The van der Waals surface area contributed by atoms with Crippen molar-refractivity contribution >= 4 is 34.2 Å². The van der Waals surface area contributed by atoms with E-state index in [0.717, 1.165) is 16.3 Å². The molecule has 32 heavy (non-hydrogen) atoms. The molecule has 0 saturated heterocycles. The molecular weight excluding hydrogens is 402 g/mol. The van der Waals surface area contributed by atoms with Crippen molar-refractivity contribution in [2.75, 3.05) is 25.0 Å². The smallest absolute Gasteiger partial charge is 0.254 e. The SMILES string of the molecule is Cc1cccc(NC(=O)CNC(=O)CN(CC(C)C)C(=O)c2cccc3ccccc23)c1. The lowest BCUT2D eigenvalue weighted by atomic mass is 10.0. The first-order valence-corrected chi connectivity index (χ1v) is 10.7.